The molecule has 166 valence electrons. The van der Waals surface area contributed by atoms with Gasteiger partial charge >= 0.3 is 0 Å². The lowest BCUT2D eigenvalue weighted by Crippen LogP contribution is -2.25. The molecular weight excluding hydrogens is 428 g/mol. The van der Waals surface area contributed by atoms with Crippen molar-refractivity contribution in [3.8, 4) is 12.1 Å². The molecule has 1 heterocycles. The highest BCUT2D eigenvalue weighted by Gasteiger charge is 2.19. The number of aliphatic hydroxyl groups is 1. The van der Waals surface area contributed by atoms with Gasteiger partial charge in [-0.1, -0.05) is 31.2 Å². The number of benzene rings is 1. The smallest absolute Gasteiger partial charge is 0.245 e. The van der Waals surface area contributed by atoms with Crippen LogP contribution in [0.1, 0.15) is 41.2 Å². The van der Waals surface area contributed by atoms with Gasteiger partial charge in [-0.2, -0.15) is 10.5 Å². The van der Waals surface area contributed by atoms with Crippen molar-refractivity contribution in [2.45, 2.75) is 37.1 Å². The van der Waals surface area contributed by atoms with Crippen LogP contribution in [0.5, 0.6) is 0 Å². The van der Waals surface area contributed by atoms with Gasteiger partial charge in [-0.15, -0.1) is 11.8 Å². The Kier molecular flexibility index (Phi) is 9.48. The predicted octanol–water partition coefficient (Wildman–Crippen LogP) is 1.58. The normalized spacial score (nSPS) is 10.1. The first-order valence-electron chi connectivity index (χ1n) is 9.90. The van der Waals surface area contributed by atoms with Gasteiger partial charge < -0.3 is 21.5 Å². The summed E-state index contributed by atoms with van der Waals surface area (Å²) in [5.74, 6) is -0.0234. The number of aromatic nitrogens is 1. The van der Waals surface area contributed by atoms with Crippen LogP contribution in [0.3, 0.4) is 0 Å². The van der Waals surface area contributed by atoms with Crippen LogP contribution in [0.2, 0.25) is 0 Å². The number of carbonyl (C=O) groups is 2. The van der Waals surface area contributed by atoms with Crippen LogP contribution >= 0.6 is 11.8 Å². The van der Waals surface area contributed by atoms with Crippen LogP contribution in [-0.2, 0) is 28.3 Å². The molecule has 0 radical (unpaired) electrons. The van der Waals surface area contributed by atoms with Crippen molar-refractivity contribution in [1.29, 1.82) is 10.5 Å². The molecule has 0 saturated carbocycles. The van der Waals surface area contributed by atoms with Crippen molar-refractivity contribution < 1.29 is 14.7 Å². The third-order valence-electron chi connectivity index (χ3n) is 4.54. The minimum atomic E-state index is -0.549. The van der Waals surface area contributed by atoms with E-state index in [1.165, 1.54) is 11.8 Å². The molecule has 2 aromatic rings. The second-order valence-electron chi connectivity index (χ2n) is 6.75. The maximum atomic E-state index is 11.2. The molecule has 32 heavy (non-hydrogen) atoms. The monoisotopic (exact) mass is 452 g/mol. The summed E-state index contributed by atoms with van der Waals surface area (Å²) in [5, 5.41) is 34.1. The van der Waals surface area contributed by atoms with Crippen LogP contribution in [0, 0.1) is 22.7 Å². The van der Waals surface area contributed by atoms with Gasteiger partial charge in [0.15, 0.2) is 0 Å². The van der Waals surface area contributed by atoms with E-state index in [-0.39, 0.29) is 13.0 Å². The summed E-state index contributed by atoms with van der Waals surface area (Å²) in [6, 6.07) is 11.9. The molecule has 5 N–H and O–H groups in total. The number of hydrogen-bond donors (Lipinski definition) is 4. The number of thioether (sulfide) groups is 1. The van der Waals surface area contributed by atoms with Gasteiger partial charge in [0.25, 0.3) is 0 Å². The molecule has 1 aromatic carbocycles. The quantitative estimate of drug-likeness (QED) is 0.373. The Morgan fingerprint density at radius 3 is 2.38 bits per heavy atom. The van der Waals surface area contributed by atoms with Crippen molar-refractivity contribution >= 4 is 29.4 Å². The maximum absolute atomic E-state index is 11.2. The van der Waals surface area contributed by atoms with Crippen molar-refractivity contribution in [1.82, 2.24) is 10.3 Å². The van der Waals surface area contributed by atoms with E-state index in [1.54, 1.807) is 0 Å². The molecule has 2 amide bonds. The minimum absolute atomic E-state index is 0.0988. The van der Waals surface area contributed by atoms with E-state index in [1.807, 2.05) is 31.2 Å². The molecular formula is C22H24N6O3S. The summed E-state index contributed by atoms with van der Waals surface area (Å²) < 4.78 is 0. The van der Waals surface area contributed by atoms with E-state index < -0.39 is 18.4 Å². The van der Waals surface area contributed by atoms with E-state index in [4.69, 9.17) is 10.8 Å². The number of nitrogens with one attached hydrogen (secondary N) is 2. The number of primary amides is 1. The first kappa shape index (κ1) is 24.7. The molecule has 0 spiro atoms. The molecule has 0 fully saturated rings. The van der Waals surface area contributed by atoms with Gasteiger partial charge in [-0.25, -0.2) is 4.98 Å². The summed E-state index contributed by atoms with van der Waals surface area (Å²) in [4.78, 5) is 26.7. The zero-order chi connectivity index (χ0) is 23.5. The number of nitrogens with zero attached hydrogens (tertiary/aromatic N) is 3. The van der Waals surface area contributed by atoms with Gasteiger partial charge in [-0.3, -0.25) is 9.59 Å². The fraction of sp³-hybridized carbons (Fsp3) is 0.318. The Morgan fingerprint density at radius 1 is 1.16 bits per heavy atom. The van der Waals surface area contributed by atoms with Gasteiger partial charge in [0, 0.05) is 25.3 Å². The minimum Gasteiger partial charge on any atom is -0.387 e. The number of hydrogen-bond acceptors (Lipinski definition) is 8. The average molecular weight is 453 g/mol. The van der Waals surface area contributed by atoms with Gasteiger partial charge in [-0.05, 0) is 23.1 Å². The number of anilines is 1. The molecule has 2 rings (SSSR count). The zero-order valence-electron chi connectivity index (χ0n) is 17.6. The molecule has 0 aliphatic heterocycles. The highest BCUT2D eigenvalue weighted by molar-refractivity contribution is 7.98. The Morgan fingerprint density at radius 2 is 1.81 bits per heavy atom. The third kappa shape index (κ3) is 6.71. The van der Waals surface area contributed by atoms with Crippen molar-refractivity contribution in [3.05, 3.63) is 52.1 Å². The number of amides is 2. The van der Waals surface area contributed by atoms with Crippen molar-refractivity contribution in [2.75, 3.05) is 18.5 Å². The second kappa shape index (κ2) is 12.3. The van der Waals surface area contributed by atoms with E-state index in [9.17, 15) is 20.1 Å². The van der Waals surface area contributed by atoms with Gasteiger partial charge in [0.2, 0.25) is 11.8 Å². The molecule has 0 bridgehead atoms. The third-order valence-corrected chi connectivity index (χ3v) is 5.59. The largest absolute Gasteiger partial charge is 0.387 e. The summed E-state index contributed by atoms with van der Waals surface area (Å²) in [6.07, 6.45) is 0.586. The number of nitriles is 2. The van der Waals surface area contributed by atoms with E-state index in [0.717, 1.165) is 11.1 Å². The second-order valence-corrected chi connectivity index (χ2v) is 7.72. The lowest BCUT2D eigenvalue weighted by Gasteiger charge is -2.14. The zero-order valence-corrected chi connectivity index (χ0v) is 18.5. The molecule has 0 unspecified atom stereocenters. The molecule has 1 aromatic heterocycles. The molecule has 0 aliphatic rings. The Bertz CT molecular complexity index is 1060. The summed E-state index contributed by atoms with van der Waals surface area (Å²) in [7, 11) is 0. The Balaban J connectivity index is 2.21. The van der Waals surface area contributed by atoms with Crippen LogP contribution < -0.4 is 16.4 Å². The van der Waals surface area contributed by atoms with Gasteiger partial charge in [0.1, 0.15) is 29.6 Å². The fourth-order valence-corrected chi connectivity index (χ4v) is 3.86. The van der Waals surface area contributed by atoms with Crippen molar-refractivity contribution in [3.63, 3.8) is 0 Å². The van der Waals surface area contributed by atoms with Crippen LogP contribution in [-0.4, -0.2) is 35.1 Å². The van der Waals surface area contributed by atoms with Crippen LogP contribution in [0.4, 0.5) is 5.82 Å². The fourth-order valence-electron chi connectivity index (χ4n) is 2.90. The molecule has 0 atom stereocenters. The number of nitrogens with two attached hydrogens (primary N) is 1. The van der Waals surface area contributed by atoms with E-state index in [2.05, 4.69) is 27.8 Å². The molecule has 0 saturated heterocycles. The van der Waals surface area contributed by atoms with Crippen LogP contribution in [0.25, 0.3) is 0 Å². The summed E-state index contributed by atoms with van der Waals surface area (Å²) >= 11 is 1.38. The molecule has 0 aliphatic carbocycles. The summed E-state index contributed by atoms with van der Waals surface area (Å²) in [6.45, 7) is 1.88. The highest BCUT2D eigenvalue weighted by Crippen LogP contribution is 2.32. The maximum Gasteiger partial charge on any atom is 0.245 e. The molecule has 9 nitrogen and oxygen atoms in total. The number of rotatable bonds is 11. The lowest BCUT2D eigenvalue weighted by molar-refractivity contribution is -0.124. The lowest BCUT2D eigenvalue weighted by atomic mass is 10.0. The first-order valence-corrected chi connectivity index (χ1v) is 10.9. The highest BCUT2D eigenvalue weighted by atomic mass is 32.2. The first-order chi connectivity index (χ1) is 15.4. The SMILES string of the molecule is CCc1c(C#N)c(NCCC(N)=O)nc(SCc2ccc(CNC(=O)CO)cc2)c1C#N. The standard InChI is InChI=1S/C22H24N6O3S/c1-2-16-17(9-23)21(26-8-7-19(25)30)28-22(18(16)10-24)32-13-15-5-3-14(4-6-15)11-27-20(31)12-29/h3-6,29H,2,7-8,11-13H2,1H3,(H2,25,30)(H,26,28)(H,27,31). The van der Waals surface area contributed by atoms with Gasteiger partial charge in [0.05, 0.1) is 11.1 Å². The predicted molar refractivity (Wildman–Crippen MR) is 120 cm³/mol. The number of pyridine rings is 1. The van der Waals surface area contributed by atoms with E-state index >= 15 is 0 Å². The Hall–Kier alpha value is -3.60. The molecule has 10 heteroatoms. The number of carbonyl (C=O) groups excluding carboxylic acids is 2. The Labute approximate surface area is 190 Å². The number of aliphatic hydroxyl groups excluding tert-OH is 1. The topological polar surface area (TPSA) is 165 Å². The van der Waals surface area contributed by atoms with Crippen LogP contribution in [0.15, 0.2) is 29.3 Å². The average Bonchev–Trinajstić information content (AvgIpc) is 2.80. The van der Waals surface area contributed by atoms with Crippen molar-refractivity contribution in [2.24, 2.45) is 5.73 Å². The summed E-state index contributed by atoms with van der Waals surface area (Å²) in [5.41, 5.74) is 8.35. The van der Waals surface area contributed by atoms with E-state index in [0.29, 0.717) is 46.3 Å².